The molecule has 0 bridgehead atoms. The molecule has 3 aromatic carbocycles. The average molecular weight is 539 g/mol. The van der Waals surface area contributed by atoms with E-state index in [1.165, 1.54) is 0 Å². The van der Waals surface area contributed by atoms with Crippen molar-refractivity contribution in [3.05, 3.63) is 115 Å². The number of aryl methyl sites for hydroxylation is 2. The van der Waals surface area contributed by atoms with Crippen LogP contribution in [-0.4, -0.2) is 28.3 Å². The van der Waals surface area contributed by atoms with Gasteiger partial charge in [-0.15, -0.1) is 0 Å². The molecular formula is C36H35BN2O2. The fourth-order valence-electron chi connectivity index (χ4n) is 5.46. The molecule has 3 heterocycles. The molecule has 1 aliphatic rings. The van der Waals surface area contributed by atoms with Gasteiger partial charge < -0.3 is 9.31 Å². The lowest BCUT2D eigenvalue weighted by molar-refractivity contribution is 0.00578. The topological polar surface area (TPSA) is 44.2 Å². The van der Waals surface area contributed by atoms with Gasteiger partial charge in [-0.1, -0.05) is 60.7 Å². The van der Waals surface area contributed by atoms with Crippen LogP contribution < -0.4 is 5.46 Å². The van der Waals surface area contributed by atoms with E-state index < -0.39 is 18.3 Å². The summed E-state index contributed by atoms with van der Waals surface area (Å²) in [7, 11) is -0.487. The highest BCUT2D eigenvalue weighted by atomic mass is 16.7. The normalized spacial score (nSPS) is 15.7. The fourth-order valence-corrected chi connectivity index (χ4v) is 5.46. The molecule has 41 heavy (non-hydrogen) atoms. The third kappa shape index (κ3) is 5.24. The summed E-state index contributed by atoms with van der Waals surface area (Å²) in [6, 6.07) is 28.1. The summed E-state index contributed by atoms with van der Waals surface area (Å²) < 4.78 is 13.1. The number of rotatable bonds is 5. The van der Waals surface area contributed by atoms with E-state index in [1.807, 2.05) is 24.8 Å². The van der Waals surface area contributed by atoms with Crippen LogP contribution in [0.1, 0.15) is 38.8 Å². The molecule has 4 nitrogen and oxygen atoms in total. The summed E-state index contributed by atoms with van der Waals surface area (Å²) in [5.41, 5.74) is 11.3. The van der Waals surface area contributed by atoms with E-state index >= 15 is 0 Å². The summed E-state index contributed by atoms with van der Waals surface area (Å²) in [5.74, 6) is 0. The van der Waals surface area contributed by atoms with Gasteiger partial charge in [0.05, 0.1) is 11.2 Å². The molecule has 1 saturated heterocycles. The molecule has 0 amide bonds. The Hall–Kier alpha value is -4.06. The monoisotopic (exact) mass is 538 g/mol. The second-order valence-corrected chi connectivity index (χ2v) is 12.0. The number of benzene rings is 3. The smallest absolute Gasteiger partial charge is 0.399 e. The Kier molecular flexibility index (Phi) is 6.89. The van der Waals surface area contributed by atoms with Crippen molar-refractivity contribution in [2.24, 2.45) is 0 Å². The Morgan fingerprint density at radius 1 is 0.512 bits per heavy atom. The predicted molar refractivity (Wildman–Crippen MR) is 169 cm³/mol. The minimum atomic E-state index is -0.487. The zero-order valence-electron chi connectivity index (χ0n) is 24.6. The lowest BCUT2D eigenvalue weighted by Crippen LogP contribution is -2.41. The number of hydrogen-bond donors (Lipinski definition) is 0. The number of nitrogens with zero attached hydrogens (tertiary/aromatic N) is 2. The first-order valence-corrected chi connectivity index (χ1v) is 14.1. The fraction of sp³-hybridized carbons (Fsp3) is 0.222. The molecule has 0 atom stereocenters. The van der Waals surface area contributed by atoms with Gasteiger partial charge in [0.25, 0.3) is 0 Å². The lowest BCUT2D eigenvalue weighted by atomic mass is 9.75. The first-order valence-electron chi connectivity index (χ1n) is 14.1. The van der Waals surface area contributed by atoms with Crippen molar-refractivity contribution in [1.29, 1.82) is 0 Å². The van der Waals surface area contributed by atoms with Crippen LogP contribution in [0.2, 0.25) is 0 Å². The van der Waals surface area contributed by atoms with Gasteiger partial charge in [0.2, 0.25) is 0 Å². The maximum atomic E-state index is 6.55. The molecular weight excluding hydrogens is 503 g/mol. The molecule has 1 fully saturated rings. The highest BCUT2D eigenvalue weighted by molar-refractivity contribution is 6.62. The van der Waals surface area contributed by atoms with Crippen molar-refractivity contribution in [2.45, 2.75) is 52.7 Å². The molecule has 204 valence electrons. The van der Waals surface area contributed by atoms with Gasteiger partial charge in [-0.2, -0.15) is 0 Å². The van der Waals surface area contributed by atoms with E-state index in [-0.39, 0.29) is 0 Å². The van der Waals surface area contributed by atoms with Gasteiger partial charge >= 0.3 is 7.12 Å². The number of pyridine rings is 2. The zero-order chi connectivity index (χ0) is 28.8. The second kappa shape index (κ2) is 10.4. The Morgan fingerprint density at radius 2 is 0.902 bits per heavy atom. The minimum Gasteiger partial charge on any atom is -0.399 e. The summed E-state index contributed by atoms with van der Waals surface area (Å²) in [5, 5.41) is 0. The lowest BCUT2D eigenvalue weighted by Gasteiger charge is -2.32. The van der Waals surface area contributed by atoms with Crippen molar-refractivity contribution >= 4 is 12.6 Å². The van der Waals surface area contributed by atoms with Crippen LogP contribution in [0.3, 0.4) is 0 Å². The molecule has 0 unspecified atom stereocenters. The van der Waals surface area contributed by atoms with E-state index in [0.717, 1.165) is 61.1 Å². The highest BCUT2D eigenvalue weighted by Gasteiger charge is 2.51. The first kappa shape index (κ1) is 27.1. The van der Waals surface area contributed by atoms with E-state index in [1.54, 1.807) is 0 Å². The summed E-state index contributed by atoms with van der Waals surface area (Å²) in [6.45, 7) is 12.5. The molecule has 1 aliphatic heterocycles. The van der Waals surface area contributed by atoms with Gasteiger partial charge in [-0.3, -0.25) is 9.97 Å². The third-order valence-corrected chi connectivity index (χ3v) is 8.33. The molecule has 2 aromatic heterocycles. The van der Waals surface area contributed by atoms with Gasteiger partial charge in [0.1, 0.15) is 0 Å². The van der Waals surface area contributed by atoms with Crippen LogP contribution in [0, 0.1) is 13.8 Å². The van der Waals surface area contributed by atoms with Gasteiger partial charge in [-0.25, -0.2) is 0 Å². The first-order chi connectivity index (χ1) is 19.6. The molecule has 5 aromatic rings. The standard InChI is InChI=1S/C36H35BN2O2/c1-24-15-28(22-38-20-24)33-13-9-7-11-31(33)26-17-27(19-30(18-26)37-40-35(3,4)36(5,6)41-37)32-12-8-10-14-34(32)29-16-25(2)21-39-23-29/h7-23H,1-6H3. The molecule has 0 saturated carbocycles. The van der Waals surface area contributed by atoms with Gasteiger partial charge in [-0.05, 0) is 110 Å². The van der Waals surface area contributed by atoms with Crippen molar-refractivity contribution in [3.63, 3.8) is 0 Å². The van der Waals surface area contributed by atoms with Gasteiger partial charge in [0.15, 0.2) is 0 Å². The molecule has 0 spiro atoms. The maximum absolute atomic E-state index is 6.55. The molecule has 0 N–H and O–H groups in total. The van der Waals surface area contributed by atoms with Gasteiger partial charge in [0, 0.05) is 35.9 Å². The Bertz CT molecular complexity index is 1620. The molecule has 5 heteroatoms. The quantitative estimate of drug-likeness (QED) is 0.212. The second-order valence-electron chi connectivity index (χ2n) is 12.0. The van der Waals surface area contributed by atoms with Crippen LogP contribution in [-0.2, 0) is 9.31 Å². The van der Waals surface area contributed by atoms with Crippen LogP contribution in [0.5, 0.6) is 0 Å². The molecule has 0 aliphatic carbocycles. The molecule has 6 rings (SSSR count). The Morgan fingerprint density at radius 3 is 1.29 bits per heavy atom. The van der Waals surface area contributed by atoms with Crippen LogP contribution in [0.15, 0.2) is 104 Å². The molecule has 0 radical (unpaired) electrons. The van der Waals surface area contributed by atoms with E-state index in [4.69, 9.17) is 9.31 Å². The summed E-state index contributed by atoms with van der Waals surface area (Å²) >= 11 is 0. The van der Waals surface area contributed by atoms with E-state index in [2.05, 4.69) is 130 Å². The number of aromatic nitrogens is 2. The van der Waals surface area contributed by atoms with Crippen molar-refractivity contribution in [2.75, 3.05) is 0 Å². The maximum Gasteiger partial charge on any atom is 0.494 e. The van der Waals surface area contributed by atoms with Crippen LogP contribution in [0.25, 0.3) is 44.5 Å². The largest absolute Gasteiger partial charge is 0.494 e. The number of hydrogen-bond acceptors (Lipinski definition) is 4. The highest BCUT2D eigenvalue weighted by Crippen LogP contribution is 2.40. The van der Waals surface area contributed by atoms with Crippen LogP contribution in [0.4, 0.5) is 0 Å². The predicted octanol–water partition coefficient (Wildman–Crippen LogP) is 8.06. The van der Waals surface area contributed by atoms with Crippen LogP contribution >= 0.6 is 0 Å². The SMILES string of the molecule is Cc1cncc(-c2ccccc2-c2cc(B3OC(C)(C)C(C)(C)O3)cc(-c3ccccc3-c3cncc(C)c3)c2)c1. The zero-order valence-corrected chi connectivity index (χ0v) is 24.6. The summed E-state index contributed by atoms with van der Waals surface area (Å²) in [6.07, 6.45) is 7.65. The minimum absolute atomic E-state index is 0.440. The Balaban J connectivity index is 1.57. The third-order valence-electron chi connectivity index (χ3n) is 8.33. The average Bonchev–Trinajstić information content (AvgIpc) is 3.19. The van der Waals surface area contributed by atoms with E-state index in [9.17, 15) is 0 Å². The van der Waals surface area contributed by atoms with Crippen molar-refractivity contribution in [3.8, 4) is 44.5 Å². The van der Waals surface area contributed by atoms with Crippen molar-refractivity contribution in [1.82, 2.24) is 9.97 Å². The summed E-state index contributed by atoms with van der Waals surface area (Å²) in [4.78, 5) is 8.96. The Labute approximate surface area is 243 Å². The van der Waals surface area contributed by atoms with Crippen molar-refractivity contribution < 1.29 is 9.31 Å². The van der Waals surface area contributed by atoms with E-state index in [0.29, 0.717) is 0 Å².